The molecule has 0 aliphatic rings. The standard InChI is InChI=1S/C12H17NS/c1-11(7-6-10-13-2)14-12-8-4-3-5-9-12/h3-9,11,13H,10H2,1-2H3. The van der Waals surface area contributed by atoms with Crippen LogP contribution in [0.1, 0.15) is 6.92 Å². The summed E-state index contributed by atoms with van der Waals surface area (Å²) in [5.41, 5.74) is 0. The highest BCUT2D eigenvalue weighted by atomic mass is 32.2. The van der Waals surface area contributed by atoms with Gasteiger partial charge in [-0.1, -0.05) is 30.4 Å². The molecule has 1 aromatic carbocycles. The van der Waals surface area contributed by atoms with Crippen LogP contribution in [0.15, 0.2) is 47.4 Å². The molecule has 76 valence electrons. The Balaban J connectivity index is 2.37. The van der Waals surface area contributed by atoms with Gasteiger partial charge in [0, 0.05) is 16.7 Å². The first-order valence-electron chi connectivity index (χ1n) is 4.86. The van der Waals surface area contributed by atoms with Crippen LogP contribution in [0.2, 0.25) is 0 Å². The van der Waals surface area contributed by atoms with Crippen LogP contribution < -0.4 is 5.32 Å². The van der Waals surface area contributed by atoms with Crippen molar-refractivity contribution >= 4 is 11.8 Å². The van der Waals surface area contributed by atoms with Crippen LogP contribution in [0.3, 0.4) is 0 Å². The monoisotopic (exact) mass is 207 g/mol. The van der Waals surface area contributed by atoms with Crippen LogP contribution in [0.25, 0.3) is 0 Å². The van der Waals surface area contributed by atoms with E-state index >= 15 is 0 Å². The predicted octanol–water partition coefficient (Wildman–Crippen LogP) is 2.94. The number of hydrogen-bond acceptors (Lipinski definition) is 2. The minimum Gasteiger partial charge on any atom is -0.316 e. The van der Waals surface area contributed by atoms with Crippen molar-refractivity contribution in [3.05, 3.63) is 42.5 Å². The van der Waals surface area contributed by atoms with Crippen molar-refractivity contribution in [1.29, 1.82) is 0 Å². The lowest BCUT2D eigenvalue weighted by atomic mass is 10.4. The quantitative estimate of drug-likeness (QED) is 0.588. The molecule has 0 aliphatic carbocycles. The normalized spacial score (nSPS) is 13.3. The van der Waals surface area contributed by atoms with E-state index in [2.05, 4.69) is 48.7 Å². The second-order valence-corrected chi connectivity index (χ2v) is 4.57. The minimum atomic E-state index is 0.533. The van der Waals surface area contributed by atoms with E-state index in [0.717, 1.165) is 6.54 Å². The van der Waals surface area contributed by atoms with Crippen molar-refractivity contribution in [2.75, 3.05) is 13.6 Å². The highest BCUT2D eigenvalue weighted by molar-refractivity contribution is 8.00. The van der Waals surface area contributed by atoms with Gasteiger partial charge in [0.15, 0.2) is 0 Å². The molecule has 2 heteroatoms. The third-order valence-electron chi connectivity index (χ3n) is 1.79. The SMILES string of the molecule is CNCC=CC(C)Sc1ccccc1. The Morgan fingerprint density at radius 3 is 2.71 bits per heavy atom. The van der Waals surface area contributed by atoms with Gasteiger partial charge in [0.2, 0.25) is 0 Å². The molecule has 1 unspecified atom stereocenters. The molecule has 1 rings (SSSR count). The van der Waals surface area contributed by atoms with E-state index in [0.29, 0.717) is 5.25 Å². The third-order valence-corrected chi connectivity index (χ3v) is 2.87. The maximum absolute atomic E-state index is 3.09. The molecule has 0 radical (unpaired) electrons. The van der Waals surface area contributed by atoms with Crippen molar-refractivity contribution in [3.63, 3.8) is 0 Å². The molecule has 0 amide bonds. The van der Waals surface area contributed by atoms with Gasteiger partial charge >= 0.3 is 0 Å². The number of nitrogens with one attached hydrogen (secondary N) is 1. The smallest absolute Gasteiger partial charge is 0.0246 e. The third kappa shape index (κ3) is 4.49. The summed E-state index contributed by atoms with van der Waals surface area (Å²) in [4.78, 5) is 1.33. The molecule has 0 fully saturated rings. The Morgan fingerprint density at radius 2 is 2.07 bits per heavy atom. The van der Waals surface area contributed by atoms with Gasteiger partial charge in [-0.25, -0.2) is 0 Å². The van der Waals surface area contributed by atoms with Crippen molar-refractivity contribution in [2.45, 2.75) is 17.1 Å². The molecule has 0 heterocycles. The van der Waals surface area contributed by atoms with Crippen LogP contribution in [0.4, 0.5) is 0 Å². The van der Waals surface area contributed by atoms with Gasteiger partial charge in [-0.15, -0.1) is 11.8 Å². The Labute approximate surface area is 90.6 Å². The molecule has 1 nitrogen and oxygen atoms in total. The Hall–Kier alpha value is -0.730. The van der Waals surface area contributed by atoms with E-state index in [1.165, 1.54) is 4.90 Å². The summed E-state index contributed by atoms with van der Waals surface area (Å²) in [5, 5.41) is 3.62. The summed E-state index contributed by atoms with van der Waals surface area (Å²) in [6, 6.07) is 10.5. The fraction of sp³-hybridized carbons (Fsp3) is 0.333. The maximum Gasteiger partial charge on any atom is 0.0246 e. The van der Waals surface area contributed by atoms with E-state index in [-0.39, 0.29) is 0 Å². The number of hydrogen-bond donors (Lipinski definition) is 1. The molecule has 14 heavy (non-hydrogen) atoms. The summed E-state index contributed by atoms with van der Waals surface area (Å²) in [6.45, 7) is 3.16. The van der Waals surface area contributed by atoms with Crippen LogP contribution in [0.5, 0.6) is 0 Å². The average molecular weight is 207 g/mol. The van der Waals surface area contributed by atoms with E-state index < -0.39 is 0 Å². The molecule has 0 aromatic heterocycles. The zero-order chi connectivity index (χ0) is 10.2. The van der Waals surface area contributed by atoms with E-state index in [4.69, 9.17) is 0 Å². The summed E-state index contributed by atoms with van der Waals surface area (Å²) < 4.78 is 0. The molecular formula is C12H17NS. The maximum atomic E-state index is 3.09. The van der Waals surface area contributed by atoms with E-state index in [1.807, 2.05) is 24.9 Å². The Kier molecular flexibility index (Phi) is 5.42. The van der Waals surface area contributed by atoms with Crippen molar-refractivity contribution in [2.24, 2.45) is 0 Å². The highest BCUT2D eigenvalue weighted by Crippen LogP contribution is 2.22. The highest BCUT2D eigenvalue weighted by Gasteiger charge is 1.98. The van der Waals surface area contributed by atoms with Gasteiger partial charge in [-0.2, -0.15) is 0 Å². The van der Waals surface area contributed by atoms with Gasteiger partial charge in [-0.3, -0.25) is 0 Å². The first-order chi connectivity index (χ1) is 6.83. The number of thioether (sulfide) groups is 1. The molecule has 0 saturated heterocycles. The van der Waals surface area contributed by atoms with E-state index in [9.17, 15) is 0 Å². The molecule has 1 N–H and O–H groups in total. The summed E-state index contributed by atoms with van der Waals surface area (Å²) >= 11 is 1.88. The molecule has 1 aromatic rings. The van der Waals surface area contributed by atoms with Crippen LogP contribution >= 0.6 is 11.8 Å². The topological polar surface area (TPSA) is 12.0 Å². The number of rotatable bonds is 5. The zero-order valence-electron chi connectivity index (χ0n) is 8.73. The molecule has 1 atom stereocenters. The fourth-order valence-electron chi connectivity index (χ4n) is 1.13. The average Bonchev–Trinajstić information content (AvgIpc) is 2.20. The van der Waals surface area contributed by atoms with Crippen LogP contribution in [-0.2, 0) is 0 Å². The number of likely N-dealkylation sites (N-methyl/N-ethyl adjacent to an activating group) is 1. The summed E-state index contributed by atoms with van der Waals surface area (Å²) in [7, 11) is 1.96. The van der Waals surface area contributed by atoms with E-state index in [1.54, 1.807) is 0 Å². The second kappa shape index (κ2) is 6.68. The zero-order valence-corrected chi connectivity index (χ0v) is 9.55. The molecular weight excluding hydrogens is 190 g/mol. The van der Waals surface area contributed by atoms with Gasteiger partial charge in [0.05, 0.1) is 0 Å². The molecule has 0 bridgehead atoms. The first kappa shape index (κ1) is 11.3. The summed E-state index contributed by atoms with van der Waals surface area (Å²) in [6.07, 6.45) is 4.40. The largest absolute Gasteiger partial charge is 0.316 e. The lowest BCUT2D eigenvalue weighted by Gasteiger charge is -2.05. The minimum absolute atomic E-state index is 0.533. The number of benzene rings is 1. The van der Waals surface area contributed by atoms with Crippen molar-refractivity contribution < 1.29 is 0 Å². The van der Waals surface area contributed by atoms with Crippen LogP contribution in [-0.4, -0.2) is 18.8 Å². The predicted molar refractivity (Wildman–Crippen MR) is 64.8 cm³/mol. The molecule has 0 aliphatic heterocycles. The fourth-order valence-corrected chi connectivity index (χ4v) is 2.06. The first-order valence-corrected chi connectivity index (χ1v) is 5.74. The Morgan fingerprint density at radius 1 is 1.36 bits per heavy atom. The van der Waals surface area contributed by atoms with Gasteiger partial charge < -0.3 is 5.32 Å². The molecule has 0 saturated carbocycles. The van der Waals surface area contributed by atoms with Gasteiger partial charge in [0.25, 0.3) is 0 Å². The Bertz CT molecular complexity index is 269. The van der Waals surface area contributed by atoms with Gasteiger partial charge in [0.1, 0.15) is 0 Å². The van der Waals surface area contributed by atoms with Crippen molar-refractivity contribution in [1.82, 2.24) is 5.32 Å². The second-order valence-electron chi connectivity index (χ2n) is 3.12. The van der Waals surface area contributed by atoms with Gasteiger partial charge in [-0.05, 0) is 26.1 Å². The molecule has 0 spiro atoms. The summed E-state index contributed by atoms with van der Waals surface area (Å²) in [5.74, 6) is 0. The van der Waals surface area contributed by atoms with Crippen molar-refractivity contribution in [3.8, 4) is 0 Å². The van der Waals surface area contributed by atoms with Crippen LogP contribution in [0, 0.1) is 0 Å². The lowest BCUT2D eigenvalue weighted by Crippen LogP contribution is -2.04. The lowest BCUT2D eigenvalue weighted by molar-refractivity contribution is 0.916.